The third-order valence-electron chi connectivity index (χ3n) is 5.74. The highest BCUT2D eigenvalue weighted by Crippen LogP contribution is 2.18. The van der Waals surface area contributed by atoms with Crippen LogP contribution in [0.25, 0.3) is 0 Å². The quantitative estimate of drug-likeness (QED) is 0.572. The Bertz CT molecular complexity index is 1100. The van der Waals surface area contributed by atoms with Gasteiger partial charge in [0.05, 0.1) is 13.1 Å². The second kappa shape index (κ2) is 10.4. The largest absolute Gasteiger partial charge is 0.336 e. The number of carbonyl (C=O) groups is 2. The predicted octanol–water partition coefficient (Wildman–Crippen LogP) is 3.96. The molecule has 0 radical (unpaired) electrons. The second-order valence-corrected chi connectivity index (χ2v) is 8.00. The maximum absolute atomic E-state index is 13.5. The van der Waals surface area contributed by atoms with Gasteiger partial charge in [0, 0.05) is 37.4 Å². The zero-order chi connectivity index (χ0) is 23.2. The lowest BCUT2D eigenvalue weighted by Gasteiger charge is -2.35. The summed E-state index contributed by atoms with van der Waals surface area (Å²) in [6.45, 7) is 2.57. The molecule has 2 amide bonds. The number of nitrogens with zero attached hydrogens (tertiary/aromatic N) is 3. The first-order valence-corrected chi connectivity index (χ1v) is 10.9. The van der Waals surface area contributed by atoms with Gasteiger partial charge in [0.2, 0.25) is 5.91 Å². The van der Waals surface area contributed by atoms with Crippen LogP contribution < -0.4 is 4.90 Å². The van der Waals surface area contributed by atoms with Crippen LogP contribution in [0.2, 0.25) is 0 Å². The molecule has 0 atom stereocenters. The molecule has 1 aliphatic heterocycles. The number of anilines is 1. The molecule has 7 heteroatoms. The summed E-state index contributed by atoms with van der Waals surface area (Å²) in [5, 5.41) is 0. The molecule has 0 unspecified atom stereocenters. The van der Waals surface area contributed by atoms with Crippen LogP contribution in [0.1, 0.15) is 15.9 Å². The highest BCUT2D eigenvalue weighted by molar-refractivity contribution is 5.95. The van der Waals surface area contributed by atoms with Crippen LogP contribution in [-0.2, 0) is 11.3 Å². The summed E-state index contributed by atoms with van der Waals surface area (Å²) in [6.07, 6.45) is 0. The molecule has 0 N–H and O–H groups in total. The molecule has 3 aromatic carbocycles. The Morgan fingerprint density at radius 2 is 1.42 bits per heavy atom. The van der Waals surface area contributed by atoms with Crippen LogP contribution in [0.5, 0.6) is 0 Å². The maximum atomic E-state index is 13.5. The van der Waals surface area contributed by atoms with Crippen molar-refractivity contribution in [2.75, 3.05) is 37.6 Å². The number of hydrogen-bond acceptors (Lipinski definition) is 3. The van der Waals surface area contributed by atoms with Crippen molar-refractivity contribution in [1.82, 2.24) is 9.80 Å². The number of amides is 2. The Morgan fingerprint density at radius 3 is 2.06 bits per heavy atom. The molecule has 170 valence electrons. The summed E-state index contributed by atoms with van der Waals surface area (Å²) < 4.78 is 26.6. The zero-order valence-electron chi connectivity index (χ0n) is 18.2. The Hall–Kier alpha value is -3.58. The first kappa shape index (κ1) is 22.6. The van der Waals surface area contributed by atoms with Crippen LogP contribution in [0, 0.1) is 11.6 Å². The van der Waals surface area contributed by atoms with Gasteiger partial charge in [-0.25, -0.2) is 8.78 Å². The van der Waals surface area contributed by atoms with Gasteiger partial charge in [0.15, 0.2) is 11.6 Å². The summed E-state index contributed by atoms with van der Waals surface area (Å²) in [7, 11) is 0. The van der Waals surface area contributed by atoms with Crippen LogP contribution in [-0.4, -0.2) is 54.3 Å². The summed E-state index contributed by atoms with van der Waals surface area (Å²) in [4.78, 5) is 31.3. The lowest BCUT2D eigenvalue weighted by Crippen LogP contribution is -2.51. The van der Waals surface area contributed by atoms with Crippen LogP contribution in [0.15, 0.2) is 78.9 Å². The summed E-state index contributed by atoms with van der Waals surface area (Å²) >= 11 is 0. The molecule has 0 aromatic heterocycles. The molecule has 1 aliphatic rings. The van der Waals surface area contributed by atoms with Crippen molar-refractivity contribution < 1.29 is 18.4 Å². The minimum Gasteiger partial charge on any atom is -0.336 e. The minimum absolute atomic E-state index is 0.0227. The summed E-state index contributed by atoms with van der Waals surface area (Å²) in [5.41, 5.74) is 1.99. The molecule has 4 rings (SSSR count). The van der Waals surface area contributed by atoms with Crippen molar-refractivity contribution in [2.24, 2.45) is 0 Å². The van der Waals surface area contributed by atoms with Crippen molar-refractivity contribution in [2.45, 2.75) is 6.54 Å². The second-order valence-electron chi connectivity index (χ2n) is 8.00. The Labute approximate surface area is 191 Å². The van der Waals surface area contributed by atoms with Crippen LogP contribution in [0.3, 0.4) is 0 Å². The third kappa shape index (κ3) is 5.62. The average molecular weight is 450 g/mol. The third-order valence-corrected chi connectivity index (χ3v) is 5.74. The van der Waals surface area contributed by atoms with E-state index in [-0.39, 0.29) is 23.9 Å². The van der Waals surface area contributed by atoms with Gasteiger partial charge in [-0.1, -0.05) is 48.5 Å². The molecule has 1 heterocycles. The topological polar surface area (TPSA) is 43.9 Å². The molecule has 33 heavy (non-hydrogen) atoms. The summed E-state index contributed by atoms with van der Waals surface area (Å²) in [6, 6.07) is 22.6. The van der Waals surface area contributed by atoms with Gasteiger partial charge < -0.3 is 9.80 Å². The van der Waals surface area contributed by atoms with E-state index in [0.717, 1.165) is 23.4 Å². The van der Waals surface area contributed by atoms with Crippen molar-refractivity contribution in [1.29, 1.82) is 0 Å². The van der Waals surface area contributed by atoms with Crippen molar-refractivity contribution in [3.63, 3.8) is 0 Å². The SMILES string of the molecule is O=C(c1ccc(F)c(F)c1)N1CCN(CC(=O)N(Cc2ccccc2)c2ccccc2)CC1. The molecule has 0 spiro atoms. The van der Waals surface area contributed by atoms with E-state index in [1.807, 2.05) is 65.6 Å². The number of para-hydroxylation sites is 1. The average Bonchev–Trinajstić information content (AvgIpc) is 2.85. The number of hydrogen-bond donors (Lipinski definition) is 0. The van der Waals surface area contributed by atoms with E-state index < -0.39 is 11.6 Å². The molecule has 0 saturated carbocycles. The normalized spacial score (nSPS) is 14.2. The Morgan fingerprint density at radius 1 is 0.788 bits per heavy atom. The zero-order valence-corrected chi connectivity index (χ0v) is 18.2. The lowest BCUT2D eigenvalue weighted by molar-refractivity contribution is -0.120. The standard InChI is InChI=1S/C26H25F2N3O2/c27-23-12-11-21(17-24(23)28)26(33)30-15-13-29(14-16-30)19-25(32)31(22-9-5-2-6-10-22)18-20-7-3-1-4-8-20/h1-12,17H,13-16,18-19H2. The van der Waals surface area contributed by atoms with Gasteiger partial charge in [0.25, 0.3) is 5.91 Å². The molecular formula is C26H25F2N3O2. The molecule has 3 aromatic rings. The number of piperazine rings is 1. The molecule has 0 bridgehead atoms. The van der Waals surface area contributed by atoms with Gasteiger partial charge >= 0.3 is 0 Å². The number of halogens is 2. The Kier molecular flexibility index (Phi) is 7.10. The van der Waals surface area contributed by atoms with E-state index in [0.29, 0.717) is 32.7 Å². The number of carbonyl (C=O) groups excluding carboxylic acids is 2. The predicted molar refractivity (Wildman–Crippen MR) is 123 cm³/mol. The lowest BCUT2D eigenvalue weighted by atomic mass is 10.1. The van der Waals surface area contributed by atoms with E-state index in [1.165, 1.54) is 6.07 Å². The highest BCUT2D eigenvalue weighted by Gasteiger charge is 2.26. The van der Waals surface area contributed by atoms with E-state index >= 15 is 0 Å². The van der Waals surface area contributed by atoms with E-state index in [9.17, 15) is 18.4 Å². The number of benzene rings is 3. The highest BCUT2D eigenvalue weighted by atomic mass is 19.2. The first-order valence-electron chi connectivity index (χ1n) is 10.9. The molecule has 1 fully saturated rings. The van der Waals surface area contributed by atoms with Gasteiger partial charge in [0.1, 0.15) is 0 Å². The van der Waals surface area contributed by atoms with Gasteiger partial charge in [-0.3, -0.25) is 14.5 Å². The minimum atomic E-state index is -1.04. The molecular weight excluding hydrogens is 424 g/mol. The van der Waals surface area contributed by atoms with E-state index in [2.05, 4.69) is 0 Å². The van der Waals surface area contributed by atoms with Crippen LogP contribution >= 0.6 is 0 Å². The smallest absolute Gasteiger partial charge is 0.254 e. The monoisotopic (exact) mass is 449 g/mol. The van der Waals surface area contributed by atoms with E-state index in [4.69, 9.17) is 0 Å². The van der Waals surface area contributed by atoms with Crippen molar-refractivity contribution in [3.8, 4) is 0 Å². The molecule has 0 aliphatic carbocycles. The molecule has 5 nitrogen and oxygen atoms in total. The van der Waals surface area contributed by atoms with Crippen molar-refractivity contribution >= 4 is 17.5 Å². The van der Waals surface area contributed by atoms with Crippen molar-refractivity contribution in [3.05, 3.63) is 102 Å². The molecule has 1 saturated heterocycles. The van der Waals surface area contributed by atoms with Gasteiger partial charge in [-0.05, 0) is 35.9 Å². The van der Waals surface area contributed by atoms with E-state index in [1.54, 1.807) is 9.80 Å². The first-order chi connectivity index (χ1) is 16.0. The Balaban J connectivity index is 1.38. The summed E-state index contributed by atoms with van der Waals surface area (Å²) in [5.74, 6) is -2.38. The maximum Gasteiger partial charge on any atom is 0.254 e. The van der Waals surface area contributed by atoms with Gasteiger partial charge in [-0.15, -0.1) is 0 Å². The number of rotatable bonds is 6. The van der Waals surface area contributed by atoms with Crippen LogP contribution in [0.4, 0.5) is 14.5 Å². The fourth-order valence-electron chi connectivity index (χ4n) is 3.89. The van der Waals surface area contributed by atoms with Gasteiger partial charge in [-0.2, -0.15) is 0 Å². The fraction of sp³-hybridized carbons (Fsp3) is 0.231. The fourth-order valence-corrected chi connectivity index (χ4v) is 3.89.